The molecule has 0 aromatic carbocycles. The minimum atomic E-state index is -4.51. The van der Waals surface area contributed by atoms with E-state index in [4.69, 9.17) is 0 Å². The summed E-state index contributed by atoms with van der Waals surface area (Å²) in [6.07, 6.45) is 3.68. The van der Waals surface area contributed by atoms with Gasteiger partial charge in [-0.3, -0.25) is 4.98 Å². The molecule has 4 nitrogen and oxygen atoms in total. The Kier molecular flexibility index (Phi) is 5.46. The topological polar surface area (TPSA) is 41.9 Å². The van der Waals surface area contributed by atoms with Crippen LogP contribution in [0.2, 0.25) is 0 Å². The van der Waals surface area contributed by atoms with Gasteiger partial charge in [0.1, 0.15) is 5.82 Å². The molecule has 1 unspecified atom stereocenters. The third-order valence-electron chi connectivity index (χ3n) is 4.23. The number of nitrogens with zero attached hydrogens (tertiary/aromatic N) is 4. The molecule has 1 fully saturated rings. The largest absolute Gasteiger partial charge is 0.433 e. The van der Waals surface area contributed by atoms with E-state index < -0.39 is 11.9 Å². The molecule has 1 atom stereocenters. The molecule has 0 radical (unpaired) electrons. The lowest BCUT2D eigenvalue weighted by Crippen LogP contribution is -2.31. The lowest BCUT2D eigenvalue weighted by Gasteiger charge is -2.25. The number of thioether (sulfide) groups is 1. The highest BCUT2D eigenvalue weighted by molar-refractivity contribution is 7.99. The van der Waals surface area contributed by atoms with Gasteiger partial charge in [-0.2, -0.15) is 24.9 Å². The van der Waals surface area contributed by atoms with Crippen LogP contribution in [-0.2, 0) is 6.18 Å². The van der Waals surface area contributed by atoms with Gasteiger partial charge in [0, 0.05) is 42.4 Å². The third kappa shape index (κ3) is 4.42. The fraction of sp³-hybridized carbons (Fsp3) is 0.471. The van der Waals surface area contributed by atoms with Gasteiger partial charge in [-0.15, -0.1) is 0 Å². The van der Waals surface area contributed by atoms with Gasteiger partial charge in [0.25, 0.3) is 0 Å². The highest BCUT2D eigenvalue weighted by Crippen LogP contribution is 2.32. The summed E-state index contributed by atoms with van der Waals surface area (Å²) >= 11 is 1.75. The van der Waals surface area contributed by atoms with Crippen molar-refractivity contribution in [3.05, 3.63) is 36.3 Å². The first-order chi connectivity index (χ1) is 12.0. The van der Waals surface area contributed by atoms with Gasteiger partial charge in [0.2, 0.25) is 0 Å². The molecule has 0 bridgehead atoms. The standard InChI is InChI=1S/C17H19F3N4S/c1-25-13-4-2-3-9-24(11-13)15-10-14(17(18,19)20)22-16(23-15)12-5-7-21-8-6-12/h5-8,10,13H,2-4,9,11H2,1H3. The van der Waals surface area contributed by atoms with Crippen molar-refractivity contribution in [2.24, 2.45) is 0 Å². The summed E-state index contributed by atoms with van der Waals surface area (Å²) in [5, 5.41) is 0.399. The van der Waals surface area contributed by atoms with Crippen LogP contribution in [0.5, 0.6) is 0 Å². The van der Waals surface area contributed by atoms with Crippen molar-refractivity contribution in [2.75, 3.05) is 24.2 Å². The number of pyridine rings is 1. The molecule has 0 spiro atoms. The molecule has 2 aromatic rings. The maximum Gasteiger partial charge on any atom is 0.433 e. The molecule has 1 aliphatic heterocycles. The molecule has 0 amide bonds. The molecule has 8 heteroatoms. The number of anilines is 1. The Bertz CT molecular complexity index is 709. The van der Waals surface area contributed by atoms with E-state index in [1.165, 1.54) is 12.4 Å². The summed E-state index contributed by atoms with van der Waals surface area (Å²) in [7, 11) is 0. The molecule has 134 valence electrons. The number of aromatic nitrogens is 3. The first-order valence-corrected chi connectivity index (χ1v) is 9.40. The van der Waals surface area contributed by atoms with Gasteiger partial charge < -0.3 is 4.90 Å². The second-order valence-corrected chi connectivity index (χ2v) is 7.11. The van der Waals surface area contributed by atoms with Crippen LogP contribution in [0.25, 0.3) is 11.4 Å². The number of rotatable bonds is 3. The van der Waals surface area contributed by atoms with E-state index in [2.05, 4.69) is 15.0 Å². The van der Waals surface area contributed by atoms with E-state index in [0.29, 0.717) is 29.7 Å². The average molecular weight is 368 g/mol. The summed E-state index contributed by atoms with van der Waals surface area (Å²) in [6, 6.07) is 4.30. The van der Waals surface area contributed by atoms with Crippen LogP contribution in [0.1, 0.15) is 25.0 Å². The lowest BCUT2D eigenvalue weighted by atomic mass is 10.2. The number of hydrogen-bond donors (Lipinski definition) is 0. The third-order valence-corrected chi connectivity index (χ3v) is 5.28. The predicted molar refractivity (Wildman–Crippen MR) is 93.6 cm³/mol. The van der Waals surface area contributed by atoms with E-state index in [-0.39, 0.29) is 5.82 Å². The van der Waals surface area contributed by atoms with Crippen LogP contribution in [0, 0.1) is 0 Å². The van der Waals surface area contributed by atoms with Crippen molar-refractivity contribution < 1.29 is 13.2 Å². The monoisotopic (exact) mass is 368 g/mol. The molecular formula is C17H19F3N4S. The summed E-state index contributed by atoms with van der Waals surface area (Å²) in [4.78, 5) is 14.0. The smallest absolute Gasteiger partial charge is 0.355 e. The van der Waals surface area contributed by atoms with Crippen molar-refractivity contribution in [3.8, 4) is 11.4 Å². The summed E-state index contributed by atoms with van der Waals surface area (Å²) in [5.41, 5.74) is -0.382. The van der Waals surface area contributed by atoms with Crippen LogP contribution in [0.4, 0.5) is 19.0 Å². The minimum Gasteiger partial charge on any atom is -0.355 e. The number of hydrogen-bond acceptors (Lipinski definition) is 5. The predicted octanol–water partition coefficient (Wildman–Crippen LogP) is 4.28. The van der Waals surface area contributed by atoms with E-state index in [1.807, 2.05) is 11.2 Å². The Morgan fingerprint density at radius 2 is 1.92 bits per heavy atom. The van der Waals surface area contributed by atoms with Crippen LogP contribution < -0.4 is 4.90 Å². The fourth-order valence-electron chi connectivity index (χ4n) is 2.88. The zero-order valence-corrected chi connectivity index (χ0v) is 14.6. The zero-order chi connectivity index (χ0) is 17.9. The Hall–Kier alpha value is -1.83. The van der Waals surface area contributed by atoms with Gasteiger partial charge >= 0.3 is 6.18 Å². The van der Waals surface area contributed by atoms with E-state index in [1.54, 1.807) is 23.9 Å². The highest BCUT2D eigenvalue weighted by atomic mass is 32.2. The van der Waals surface area contributed by atoms with Crippen LogP contribution in [0.3, 0.4) is 0 Å². The normalized spacial score (nSPS) is 18.9. The van der Waals surface area contributed by atoms with E-state index in [9.17, 15) is 13.2 Å². The molecule has 3 heterocycles. The number of halogens is 3. The Morgan fingerprint density at radius 3 is 2.60 bits per heavy atom. The molecule has 3 rings (SSSR count). The molecule has 0 aliphatic carbocycles. The zero-order valence-electron chi connectivity index (χ0n) is 13.8. The van der Waals surface area contributed by atoms with Gasteiger partial charge in [-0.1, -0.05) is 6.42 Å². The SMILES string of the molecule is CSC1CCCCN(c2cc(C(F)(F)F)nc(-c3ccncc3)n2)C1. The summed E-state index contributed by atoms with van der Waals surface area (Å²) in [6.45, 7) is 1.41. The van der Waals surface area contributed by atoms with Crippen molar-refractivity contribution >= 4 is 17.6 Å². The lowest BCUT2D eigenvalue weighted by molar-refractivity contribution is -0.141. The molecule has 2 aromatic heterocycles. The molecule has 0 N–H and O–H groups in total. The molecular weight excluding hydrogens is 349 g/mol. The molecule has 25 heavy (non-hydrogen) atoms. The molecule has 1 aliphatic rings. The fourth-order valence-corrected chi connectivity index (χ4v) is 3.61. The molecule has 1 saturated heterocycles. The van der Waals surface area contributed by atoms with Gasteiger partial charge in [-0.05, 0) is 31.2 Å². The van der Waals surface area contributed by atoms with Crippen LogP contribution in [0.15, 0.2) is 30.6 Å². The highest BCUT2D eigenvalue weighted by Gasteiger charge is 2.34. The van der Waals surface area contributed by atoms with Crippen molar-refractivity contribution in [2.45, 2.75) is 30.7 Å². The van der Waals surface area contributed by atoms with Crippen molar-refractivity contribution in [1.29, 1.82) is 0 Å². The second kappa shape index (κ2) is 7.59. The second-order valence-electron chi connectivity index (χ2n) is 5.97. The Labute approximate surface area is 148 Å². The first kappa shape index (κ1) is 18.0. The maximum atomic E-state index is 13.3. The quantitative estimate of drug-likeness (QED) is 0.809. The van der Waals surface area contributed by atoms with Gasteiger partial charge in [0.15, 0.2) is 11.5 Å². The van der Waals surface area contributed by atoms with Crippen LogP contribution >= 0.6 is 11.8 Å². The first-order valence-electron chi connectivity index (χ1n) is 8.12. The minimum absolute atomic E-state index is 0.0807. The maximum absolute atomic E-state index is 13.3. The Balaban J connectivity index is 2.03. The van der Waals surface area contributed by atoms with Crippen molar-refractivity contribution in [1.82, 2.24) is 15.0 Å². The van der Waals surface area contributed by atoms with Gasteiger partial charge in [0.05, 0.1) is 0 Å². The number of alkyl halides is 3. The average Bonchev–Trinajstić information content (AvgIpc) is 2.87. The van der Waals surface area contributed by atoms with E-state index in [0.717, 1.165) is 25.3 Å². The molecule has 0 saturated carbocycles. The summed E-state index contributed by atoms with van der Waals surface area (Å²) in [5.74, 6) is 0.423. The van der Waals surface area contributed by atoms with Crippen molar-refractivity contribution in [3.63, 3.8) is 0 Å². The Morgan fingerprint density at radius 1 is 1.16 bits per heavy atom. The van der Waals surface area contributed by atoms with Gasteiger partial charge in [-0.25, -0.2) is 9.97 Å². The van der Waals surface area contributed by atoms with E-state index >= 15 is 0 Å². The summed E-state index contributed by atoms with van der Waals surface area (Å²) < 4.78 is 40.0. The van der Waals surface area contributed by atoms with Crippen LogP contribution in [-0.4, -0.2) is 39.5 Å².